The first-order chi connectivity index (χ1) is 6.04. The highest BCUT2D eigenvalue weighted by Gasteiger charge is 2.19. The van der Waals surface area contributed by atoms with Gasteiger partial charge in [0.25, 0.3) is 0 Å². The summed E-state index contributed by atoms with van der Waals surface area (Å²) < 4.78 is 5.31. The van der Waals surface area contributed by atoms with E-state index in [-0.39, 0.29) is 0 Å². The van der Waals surface area contributed by atoms with Crippen molar-refractivity contribution in [2.45, 2.75) is 6.92 Å². The second kappa shape index (κ2) is 3.88. The first-order valence-electron chi connectivity index (χ1n) is 4.13. The third-order valence-electron chi connectivity index (χ3n) is 1.93. The summed E-state index contributed by atoms with van der Waals surface area (Å²) in [5.41, 5.74) is 1.68. The molecule has 1 fully saturated rings. The van der Waals surface area contributed by atoms with Crippen LogP contribution in [0.15, 0.2) is 35.2 Å². The Morgan fingerprint density at radius 2 is 2.23 bits per heavy atom. The van der Waals surface area contributed by atoms with Crippen LogP contribution in [0.3, 0.4) is 0 Å². The van der Waals surface area contributed by atoms with Crippen LogP contribution in [0.25, 0.3) is 0 Å². The predicted molar refractivity (Wildman–Crippen MR) is 55.4 cm³/mol. The number of rotatable bonds is 1. The van der Waals surface area contributed by atoms with Gasteiger partial charge in [-0.05, 0) is 12.5 Å². The van der Waals surface area contributed by atoms with E-state index in [4.69, 9.17) is 16.3 Å². The van der Waals surface area contributed by atoms with Crippen molar-refractivity contribution in [2.75, 3.05) is 20.2 Å². The van der Waals surface area contributed by atoms with Crippen LogP contribution >= 0.6 is 11.6 Å². The Hall–Kier alpha value is -0.890. The number of halogens is 1. The fraction of sp³-hybridized carbons (Fsp3) is 0.400. The molecule has 13 heavy (non-hydrogen) atoms. The molecule has 1 heterocycles. The maximum absolute atomic E-state index is 6.08. The van der Waals surface area contributed by atoms with Gasteiger partial charge in [0.15, 0.2) is 0 Å². The summed E-state index contributed by atoms with van der Waals surface area (Å²) in [6.45, 7) is 11.0. The van der Waals surface area contributed by atoms with E-state index in [1.54, 1.807) is 0 Å². The van der Waals surface area contributed by atoms with Gasteiger partial charge in [-0.1, -0.05) is 24.8 Å². The normalized spacial score (nSPS) is 21.2. The Balaban J connectivity index is 3.04. The minimum absolute atomic E-state index is 0.627. The molecule has 0 bridgehead atoms. The van der Waals surface area contributed by atoms with E-state index in [9.17, 15) is 0 Å². The molecule has 1 aliphatic heterocycles. The number of likely N-dealkylation sites (N-methyl/N-ethyl adjacent to an activating group) is 1. The second-order valence-corrected chi connectivity index (χ2v) is 3.51. The molecule has 72 valence electrons. The lowest BCUT2D eigenvalue weighted by atomic mass is 10.2. The first kappa shape index (κ1) is 10.2. The third kappa shape index (κ3) is 2.07. The van der Waals surface area contributed by atoms with E-state index in [0.717, 1.165) is 17.8 Å². The molecule has 1 aliphatic rings. The number of morpholine rings is 1. The lowest BCUT2D eigenvalue weighted by Crippen LogP contribution is -2.30. The number of hydrogen-bond donors (Lipinski definition) is 0. The molecule has 0 aromatic carbocycles. The van der Waals surface area contributed by atoms with Crippen LogP contribution < -0.4 is 0 Å². The second-order valence-electron chi connectivity index (χ2n) is 3.14. The molecule has 0 spiro atoms. The molecule has 1 rings (SSSR count). The molecule has 0 N–H and O–H groups in total. The van der Waals surface area contributed by atoms with Gasteiger partial charge in [-0.3, -0.25) is 0 Å². The monoisotopic (exact) mass is 199 g/mol. The summed E-state index contributed by atoms with van der Waals surface area (Å²) in [6.07, 6.45) is 0. The van der Waals surface area contributed by atoms with Gasteiger partial charge in [-0.2, -0.15) is 0 Å². The Labute approximate surface area is 84.1 Å². The predicted octanol–water partition coefficient (Wildman–Crippen LogP) is 2.49. The molecule has 0 atom stereocenters. The number of hydrogen-bond acceptors (Lipinski definition) is 2. The fourth-order valence-corrected chi connectivity index (χ4v) is 1.44. The minimum atomic E-state index is 0.627. The summed E-state index contributed by atoms with van der Waals surface area (Å²) in [6, 6.07) is 0. The molecule has 3 heteroatoms. The highest BCUT2D eigenvalue weighted by Crippen LogP contribution is 2.27. The van der Waals surface area contributed by atoms with Crippen LogP contribution in [0, 0.1) is 0 Å². The van der Waals surface area contributed by atoms with Crippen molar-refractivity contribution >= 4 is 11.6 Å². The molecule has 1 saturated heterocycles. The SMILES string of the molecule is C=C(C)/C(Cl)=C1\C(=C)OCCN1C. The minimum Gasteiger partial charge on any atom is -0.490 e. The van der Waals surface area contributed by atoms with Crippen LogP contribution in [0.5, 0.6) is 0 Å². The van der Waals surface area contributed by atoms with E-state index in [2.05, 4.69) is 13.2 Å². The Bertz CT molecular complexity index is 281. The average Bonchev–Trinajstić information content (AvgIpc) is 2.03. The molecular weight excluding hydrogens is 186 g/mol. The maximum atomic E-state index is 6.08. The number of ether oxygens (including phenoxy) is 1. The molecular formula is C10H14ClNO. The van der Waals surface area contributed by atoms with Gasteiger partial charge in [0.2, 0.25) is 0 Å². The van der Waals surface area contributed by atoms with E-state index < -0.39 is 0 Å². The van der Waals surface area contributed by atoms with Crippen LogP contribution in [0.1, 0.15) is 6.92 Å². The third-order valence-corrected chi connectivity index (χ3v) is 2.43. The van der Waals surface area contributed by atoms with Crippen molar-refractivity contribution < 1.29 is 4.74 Å². The van der Waals surface area contributed by atoms with Crippen LogP contribution in [-0.4, -0.2) is 25.1 Å². The van der Waals surface area contributed by atoms with Gasteiger partial charge in [0, 0.05) is 7.05 Å². The summed E-state index contributed by atoms with van der Waals surface area (Å²) in [5, 5.41) is 0.632. The lowest BCUT2D eigenvalue weighted by molar-refractivity contribution is 0.143. The number of allylic oxidation sites excluding steroid dienone is 2. The number of nitrogens with zero attached hydrogens (tertiary/aromatic N) is 1. The summed E-state index contributed by atoms with van der Waals surface area (Å²) in [4.78, 5) is 2.03. The standard InChI is InChI=1S/C10H14ClNO/c1-7(2)9(11)10-8(3)13-6-5-12(10)4/h1,3,5-6H2,2,4H3/b10-9-. The van der Waals surface area contributed by atoms with E-state index in [1.165, 1.54) is 0 Å². The topological polar surface area (TPSA) is 12.5 Å². The van der Waals surface area contributed by atoms with Crippen molar-refractivity contribution in [3.05, 3.63) is 35.2 Å². The molecule has 0 aromatic rings. The van der Waals surface area contributed by atoms with Crippen molar-refractivity contribution in [1.29, 1.82) is 0 Å². The van der Waals surface area contributed by atoms with Gasteiger partial charge < -0.3 is 9.64 Å². The molecule has 0 radical (unpaired) electrons. The molecule has 0 aliphatic carbocycles. The zero-order valence-electron chi connectivity index (χ0n) is 8.06. The van der Waals surface area contributed by atoms with Crippen molar-refractivity contribution in [2.24, 2.45) is 0 Å². The van der Waals surface area contributed by atoms with Crippen LogP contribution in [0.4, 0.5) is 0 Å². The van der Waals surface area contributed by atoms with E-state index in [0.29, 0.717) is 17.4 Å². The molecule has 0 saturated carbocycles. The van der Waals surface area contributed by atoms with Gasteiger partial charge in [0.1, 0.15) is 12.4 Å². The Morgan fingerprint density at radius 3 is 2.69 bits per heavy atom. The van der Waals surface area contributed by atoms with Gasteiger partial charge >= 0.3 is 0 Å². The van der Waals surface area contributed by atoms with Gasteiger partial charge in [-0.15, -0.1) is 0 Å². The quantitative estimate of drug-likeness (QED) is 0.644. The lowest BCUT2D eigenvalue weighted by Gasteiger charge is -2.30. The van der Waals surface area contributed by atoms with Crippen LogP contribution in [0.2, 0.25) is 0 Å². The van der Waals surface area contributed by atoms with Crippen molar-refractivity contribution in [1.82, 2.24) is 4.90 Å². The molecule has 0 amide bonds. The summed E-state index contributed by atoms with van der Waals surface area (Å²) >= 11 is 6.08. The van der Waals surface area contributed by atoms with Crippen molar-refractivity contribution in [3.8, 4) is 0 Å². The highest BCUT2D eigenvalue weighted by molar-refractivity contribution is 6.32. The smallest absolute Gasteiger partial charge is 0.137 e. The summed E-state index contributed by atoms with van der Waals surface area (Å²) in [5.74, 6) is 0.627. The van der Waals surface area contributed by atoms with Crippen molar-refractivity contribution in [3.63, 3.8) is 0 Å². The van der Waals surface area contributed by atoms with Crippen LogP contribution in [-0.2, 0) is 4.74 Å². The average molecular weight is 200 g/mol. The van der Waals surface area contributed by atoms with E-state index in [1.807, 2.05) is 18.9 Å². The van der Waals surface area contributed by atoms with Gasteiger partial charge in [-0.25, -0.2) is 0 Å². The Morgan fingerprint density at radius 1 is 1.62 bits per heavy atom. The first-order valence-corrected chi connectivity index (χ1v) is 4.50. The highest BCUT2D eigenvalue weighted by atomic mass is 35.5. The zero-order valence-corrected chi connectivity index (χ0v) is 8.82. The maximum Gasteiger partial charge on any atom is 0.137 e. The molecule has 0 aromatic heterocycles. The van der Waals surface area contributed by atoms with E-state index >= 15 is 0 Å². The molecule has 0 unspecified atom stereocenters. The summed E-state index contributed by atoms with van der Waals surface area (Å²) in [7, 11) is 1.97. The fourth-order valence-electron chi connectivity index (χ4n) is 1.19. The Kier molecular flexibility index (Phi) is 3.04. The zero-order chi connectivity index (χ0) is 10.0. The molecule has 2 nitrogen and oxygen atoms in total. The van der Waals surface area contributed by atoms with Gasteiger partial charge in [0.05, 0.1) is 17.3 Å². The largest absolute Gasteiger partial charge is 0.490 e.